The number of benzene rings is 1. The van der Waals surface area contributed by atoms with E-state index in [2.05, 4.69) is 18.3 Å². The molecular weight excluding hydrogens is 322 g/mol. The van der Waals surface area contributed by atoms with Gasteiger partial charge in [0.2, 0.25) is 0 Å². The van der Waals surface area contributed by atoms with Crippen LogP contribution in [0.15, 0.2) is 12.1 Å². The van der Waals surface area contributed by atoms with E-state index in [4.69, 9.17) is 21.1 Å². The molecule has 1 N–H and O–H groups in total. The number of hydrogen-bond donors (Lipinski definition) is 1. The lowest BCUT2D eigenvalue weighted by atomic mass is 9.96. The summed E-state index contributed by atoms with van der Waals surface area (Å²) in [5.74, 6) is 1.43. The summed E-state index contributed by atoms with van der Waals surface area (Å²) in [5, 5.41) is 4.35. The van der Waals surface area contributed by atoms with Crippen LogP contribution in [0.25, 0.3) is 0 Å². The van der Waals surface area contributed by atoms with Crippen LogP contribution in [-0.2, 0) is 6.54 Å². The lowest BCUT2D eigenvalue weighted by Gasteiger charge is -2.22. The fraction of sp³-hybridized carbons (Fsp3) is 0.700. The van der Waals surface area contributed by atoms with E-state index >= 15 is 0 Å². The highest BCUT2D eigenvalue weighted by molar-refractivity contribution is 6.32. The van der Waals surface area contributed by atoms with Crippen LogP contribution in [0, 0.1) is 0 Å². The first-order valence-electron chi connectivity index (χ1n) is 9.56. The van der Waals surface area contributed by atoms with Gasteiger partial charge in [-0.05, 0) is 43.9 Å². The molecule has 0 saturated heterocycles. The second-order valence-corrected chi connectivity index (χ2v) is 7.02. The van der Waals surface area contributed by atoms with Crippen molar-refractivity contribution in [1.29, 1.82) is 0 Å². The highest BCUT2D eigenvalue weighted by atomic mass is 35.5. The van der Waals surface area contributed by atoms with Gasteiger partial charge in [-0.15, -0.1) is 0 Å². The molecule has 1 fully saturated rings. The van der Waals surface area contributed by atoms with Crippen molar-refractivity contribution in [1.82, 2.24) is 5.32 Å². The Bertz CT molecular complexity index is 485. The molecule has 24 heavy (non-hydrogen) atoms. The minimum absolute atomic E-state index is 0.609. The van der Waals surface area contributed by atoms with Crippen molar-refractivity contribution < 1.29 is 9.47 Å². The van der Waals surface area contributed by atoms with Crippen molar-refractivity contribution in [2.45, 2.75) is 77.8 Å². The van der Waals surface area contributed by atoms with Crippen molar-refractivity contribution in [2.75, 3.05) is 13.2 Å². The van der Waals surface area contributed by atoms with Crippen molar-refractivity contribution in [3.63, 3.8) is 0 Å². The normalized spacial score (nSPS) is 16.5. The average molecular weight is 354 g/mol. The van der Waals surface area contributed by atoms with Crippen LogP contribution in [0.2, 0.25) is 5.02 Å². The van der Waals surface area contributed by atoms with E-state index in [1.165, 1.54) is 44.9 Å². The fourth-order valence-corrected chi connectivity index (χ4v) is 3.54. The third kappa shape index (κ3) is 6.18. The first-order valence-corrected chi connectivity index (χ1v) is 9.93. The maximum Gasteiger partial charge on any atom is 0.179 e. The quantitative estimate of drug-likeness (QED) is 0.647. The Balaban J connectivity index is 2.00. The molecule has 2 rings (SSSR count). The molecule has 1 aliphatic carbocycles. The van der Waals surface area contributed by atoms with Gasteiger partial charge in [-0.3, -0.25) is 0 Å². The highest BCUT2D eigenvalue weighted by Gasteiger charge is 2.14. The average Bonchev–Trinajstić information content (AvgIpc) is 2.53. The highest BCUT2D eigenvalue weighted by Crippen LogP contribution is 2.37. The SMILES string of the molecule is CCCOc1c(Cl)cc(CNC2CCCCCCC2)cc1OCC. The van der Waals surface area contributed by atoms with Crippen LogP contribution >= 0.6 is 11.6 Å². The molecule has 0 radical (unpaired) electrons. The second kappa shape index (κ2) is 10.8. The van der Waals surface area contributed by atoms with Crippen LogP contribution in [0.3, 0.4) is 0 Å². The lowest BCUT2D eigenvalue weighted by molar-refractivity contribution is 0.276. The Morgan fingerprint density at radius 3 is 2.42 bits per heavy atom. The zero-order chi connectivity index (χ0) is 17.2. The molecule has 0 aromatic heterocycles. The molecule has 0 heterocycles. The summed E-state index contributed by atoms with van der Waals surface area (Å²) >= 11 is 6.44. The van der Waals surface area contributed by atoms with Gasteiger partial charge < -0.3 is 14.8 Å². The minimum atomic E-state index is 0.609. The summed E-state index contributed by atoms with van der Waals surface area (Å²) in [6.07, 6.45) is 10.3. The van der Waals surface area contributed by atoms with E-state index in [-0.39, 0.29) is 0 Å². The molecule has 0 aliphatic heterocycles. The maximum atomic E-state index is 6.44. The van der Waals surface area contributed by atoms with E-state index in [9.17, 15) is 0 Å². The third-order valence-electron chi connectivity index (χ3n) is 4.52. The van der Waals surface area contributed by atoms with Gasteiger partial charge in [-0.2, -0.15) is 0 Å². The Labute approximate surface area is 152 Å². The Morgan fingerprint density at radius 2 is 1.75 bits per heavy atom. The summed E-state index contributed by atoms with van der Waals surface area (Å²) in [6, 6.07) is 4.69. The van der Waals surface area contributed by atoms with Crippen LogP contribution in [-0.4, -0.2) is 19.3 Å². The Kier molecular flexibility index (Phi) is 8.76. The van der Waals surface area contributed by atoms with Crippen molar-refractivity contribution in [2.24, 2.45) is 0 Å². The van der Waals surface area contributed by atoms with Crippen LogP contribution in [0.1, 0.15) is 70.8 Å². The van der Waals surface area contributed by atoms with Crippen molar-refractivity contribution in [3.8, 4) is 11.5 Å². The third-order valence-corrected chi connectivity index (χ3v) is 4.80. The van der Waals surface area contributed by atoms with Crippen LogP contribution in [0.5, 0.6) is 11.5 Å². The fourth-order valence-electron chi connectivity index (χ4n) is 3.25. The van der Waals surface area contributed by atoms with Crippen LogP contribution in [0.4, 0.5) is 0 Å². The van der Waals surface area contributed by atoms with E-state index in [0.29, 0.717) is 30.0 Å². The standard InChI is InChI=1S/C20H32ClNO2/c1-3-12-24-20-18(21)13-16(14-19(20)23-4-2)15-22-17-10-8-6-5-7-9-11-17/h13-14,17,22H,3-12,15H2,1-2H3. The molecule has 1 aromatic carbocycles. The molecule has 3 nitrogen and oxygen atoms in total. The molecule has 0 amide bonds. The van der Waals surface area contributed by atoms with Gasteiger partial charge in [-0.1, -0.05) is 50.6 Å². The van der Waals surface area contributed by atoms with Crippen molar-refractivity contribution in [3.05, 3.63) is 22.7 Å². The van der Waals surface area contributed by atoms with E-state index in [1.54, 1.807) is 0 Å². The summed E-state index contributed by atoms with van der Waals surface area (Å²) in [7, 11) is 0. The minimum Gasteiger partial charge on any atom is -0.490 e. The summed E-state index contributed by atoms with van der Waals surface area (Å²) < 4.78 is 11.5. The van der Waals surface area contributed by atoms with Gasteiger partial charge in [0, 0.05) is 12.6 Å². The van der Waals surface area contributed by atoms with Gasteiger partial charge in [0.05, 0.1) is 18.2 Å². The molecule has 1 aromatic rings. The topological polar surface area (TPSA) is 30.5 Å². The summed E-state index contributed by atoms with van der Waals surface area (Å²) in [6.45, 7) is 6.16. The Hall–Kier alpha value is -0.930. The number of ether oxygens (including phenoxy) is 2. The largest absolute Gasteiger partial charge is 0.490 e. The molecule has 0 spiro atoms. The lowest BCUT2D eigenvalue weighted by Crippen LogP contribution is -2.29. The number of rotatable bonds is 8. The molecule has 0 unspecified atom stereocenters. The van der Waals surface area contributed by atoms with Gasteiger partial charge >= 0.3 is 0 Å². The monoisotopic (exact) mass is 353 g/mol. The molecule has 0 bridgehead atoms. The molecular formula is C20H32ClNO2. The summed E-state index contributed by atoms with van der Waals surface area (Å²) in [4.78, 5) is 0. The molecule has 0 atom stereocenters. The molecule has 1 saturated carbocycles. The zero-order valence-corrected chi connectivity index (χ0v) is 16.0. The predicted molar refractivity (Wildman–Crippen MR) is 101 cm³/mol. The predicted octanol–water partition coefficient (Wildman–Crippen LogP) is 5.73. The number of halogens is 1. The van der Waals surface area contributed by atoms with E-state index < -0.39 is 0 Å². The van der Waals surface area contributed by atoms with E-state index in [1.807, 2.05) is 13.0 Å². The van der Waals surface area contributed by atoms with Gasteiger partial charge in [0.25, 0.3) is 0 Å². The maximum absolute atomic E-state index is 6.44. The molecule has 136 valence electrons. The second-order valence-electron chi connectivity index (χ2n) is 6.61. The first kappa shape index (κ1) is 19.4. The number of nitrogens with one attached hydrogen (secondary N) is 1. The number of hydrogen-bond acceptors (Lipinski definition) is 3. The zero-order valence-electron chi connectivity index (χ0n) is 15.2. The summed E-state index contributed by atoms with van der Waals surface area (Å²) in [5.41, 5.74) is 1.16. The smallest absolute Gasteiger partial charge is 0.179 e. The Morgan fingerprint density at radius 1 is 1.04 bits per heavy atom. The van der Waals surface area contributed by atoms with Gasteiger partial charge in [0.15, 0.2) is 11.5 Å². The van der Waals surface area contributed by atoms with Crippen molar-refractivity contribution >= 4 is 11.6 Å². The molecule has 1 aliphatic rings. The van der Waals surface area contributed by atoms with Gasteiger partial charge in [0.1, 0.15) is 0 Å². The van der Waals surface area contributed by atoms with E-state index in [0.717, 1.165) is 24.3 Å². The molecule has 4 heteroatoms. The van der Waals surface area contributed by atoms with Crippen LogP contribution < -0.4 is 14.8 Å². The van der Waals surface area contributed by atoms with Gasteiger partial charge in [-0.25, -0.2) is 0 Å². The first-order chi connectivity index (χ1) is 11.7.